The van der Waals surface area contributed by atoms with Crippen LogP contribution in [0, 0.1) is 0 Å². The summed E-state index contributed by atoms with van der Waals surface area (Å²) >= 11 is 2.62. The van der Waals surface area contributed by atoms with E-state index in [0.29, 0.717) is 0 Å². The smallest absolute Gasteiger partial charge is 0.237 e. The molecule has 72 valence electrons. The molecule has 0 amide bonds. The predicted molar refractivity (Wildman–Crippen MR) is 57.9 cm³/mol. The summed E-state index contributed by atoms with van der Waals surface area (Å²) in [4.78, 5) is 4.34. The zero-order chi connectivity index (χ0) is 10.2. The summed E-state index contributed by atoms with van der Waals surface area (Å²) in [6.45, 7) is 0. The quantitative estimate of drug-likeness (QED) is 0.748. The second-order valence-corrected chi connectivity index (χ2v) is 6.70. The van der Waals surface area contributed by atoms with Crippen LogP contribution in [0.5, 0.6) is 0 Å². The molecule has 0 saturated carbocycles. The van der Waals surface area contributed by atoms with Gasteiger partial charge in [-0.05, 0) is 24.3 Å². The van der Waals surface area contributed by atoms with E-state index >= 15 is 0 Å². The first-order chi connectivity index (χ1) is 6.57. The first-order valence-corrected chi connectivity index (χ1v) is 7.19. The van der Waals surface area contributed by atoms with Crippen molar-refractivity contribution in [1.82, 2.24) is 4.98 Å². The van der Waals surface area contributed by atoms with E-state index in [2.05, 4.69) is 19.8 Å². The molecule has 14 heavy (non-hydrogen) atoms. The van der Waals surface area contributed by atoms with Gasteiger partial charge in [-0.1, -0.05) is 6.07 Å². The maximum absolute atomic E-state index is 11.2. The first kappa shape index (κ1) is 9.61. The fourth-order valence-corrected chi connectivity index (χ4v) is 2.31. The number of benzene rings is 1. The van der Waals surface area contributed by atoms with Crippen LogP contribution in [-0.2, 0) is 8.27 Å². The minimum atomic E-state index is -3.31. The number of halogens is 1. The Morgan fingerprint density at radius 2 is 2.00 bits per heavy atom. The maximum Gasteiger partial charge on any atom is 0.237 e. The molecular formula is C9H6BrNO2S. The van der Waals surface area contributed by atoms with Crippen LogP contribution in [0.3, 0.4) is 0 Å². The van der Waals surface area contributed by atoms with Crippen LogP contribution in [0.15, 0.2) is 41.4 Å². The summed E-state index contributed by atoms with van der Waals surface area (Å²) < 4.78 is 22.3. The molecule has 0 radical (unpaired) electrons. The van der Waals surface area contributed by atoms with E-state index in [-0.39, 0.29) is 4.90 Å². The predicted octanol–water partition coefficient (Wildman–Crippen LogP) is 2.32. The Morgan fingerprint density at radius 1 is 1.21 bits per heavy atom. The monoisotopic (exact) mass is 271 g/mol. The van der Waals surface area contributed by atoms with Crippen LogP contribution in [0.25, 0.3) is 10.9 Å². The molecule has 0 bridgehead atoms. The SMILES string of the molecule is O=S(=O)(Br)c1ccc2ncccc2c1. The summed E-state index contributed by atoms with van der Waals surface area (Å²) in [6, 6.07) is 8.40. The highest BCUT2D eigenvalue weighted by atomic mass is 79.9. The third-order valence-electron chi connectivity index (χ3n) is 1.86. The molecule has 1 aromatic carbocycles. The molecule has 0 aliphatic heterocycles. The standard InChI is InChI=1S/C9H6BrNO2S/c10-14(12,13)8-3-4-9-7(6-8)2-1-5-11-9/h1-6H. The molecule has 0 saturated heterocycles. The van der Waals surface area contributed by atoms with Crippen molar-refractivity contribution in [3.8, 4) is 0 Å². The molecule has 0 unspecified atom stereocenters. The van der Waals surface area contributed by atoms with Crippen molar-refractivity contribution in [2.24, 2.45) is 0 Å². The Morgan fingerprint density at radius 3 is 2.71 bits per heavy atom. The van der Waals surface area contributed by atoms with E-state index in [1.165, 1.54) is 6.07 Å². The average Bonchev–Trinajstić information content (AvgIpc) is 2.16. The van der Waals surface area contributed by atoms with Crippen molar-refractivity contribution in [2.75, 3.05) is 0 Å². The fourth-order valence-electron chi connectivity index (χ4n) is 1.21. The molecule has 0 atom stereocenters. The van der Waals surface area contributed by atoms with Gasteiger partial charge in [0.1, 0.15) is 0 Å². The molecule has 2 aromatic rings. The van der Waals surface area contributed by atoms with Gasteiger partial charge < -0.3 is 0 Å². The number of rotatable bonds is 1. The van der Waals surface area contributed by atoms with E-state index in [4.69, 9.17) is 0 Å². The van der Waals surface area contributed by atoms with E-state index < -0.39 is 8.27 Å². The molecule has 3 nitrogen and oxygen atoms in total. The minimum absolute atomic E-state index is 0.248. The molecule has 0 fully saturated rings. The van der Waals surface area contributed by atoms with Gasteiger partial charge in [-0.2, -0.15) is 0 Å². The lowest BCUT2D eigenvalue weighted by Gasteiger charge is -1.98. The van der Waals surface area contributed by atoms with Crippen molar-refractivity contribution in [3.63, 3.8) is 0 Å². The second kappa shape index (κ2) is 3.33. The number of hydrogen-bond acceptors (Lipinski definition) is 3. The van der Waals surface area contributed by atoms with Crippen molar-refractivity contribution in [2.45, 2.75) is 4.90 Å². The van der Waals surface area contributed by atoms with Gasteiger partial charge in [0.05, 0.1) is 25.2 Å². The van der Waals surface area contributed by atoms with Crippen LogP contribution < -0.4 is 0 Å². The number of nitrogens with zero attached hydrogens (tertiary/aromatic N) is 1. The van der Waals surface area contributed by atoms with Gasteiger partial charge in [-0.25, -0.2) is 8.42 Å². The molecular weight excluding hydrogens is 266 g/mol. The summed E-state index contributed by atoms with van der Waals surface area (Å²) in [6.07, 6.45) is 1.67. The molecule has 0 aliphatic rings. The van der Waals surface area contributed by atoms with Crippen LogP contribution in [0.2, 0.25) is 0 Å². The maximum atomic E-state index is 11.2. The van der Waals surface area contributed by atoms with Crippen LogP contribution in [0.4, 0.5) is 0 Å². The first-order valence-electron chi connectivity index (χ1n) is 3.87. The molecule has 1 aromatic heterocycles. The average molecular weight is 272 g/mol. The Balaban J connectivity index is 2.75. The van der Waals surface area contributed by atoms with E-state index in [9.17, 15) is 8.42 Å². The van der Waals surface area contributed by atoms with Crippen LogP contribution >= 0.6 is 14.8 Å². The molecule has 0 aliphatic carbocycles. The Labute approximate surface area is 88.9 Å². The van der Waals surface area contributed by atoms with Crippen molar-refractivity contribution >= 4 is 34.0 Å². The van der Waals surface area contributed by atoms with E-state index in [1.54, 1.807) is 24.4 Å². The lowest BCUT2D eigenvalue weighted by molar-refractivity contribution is 0.611. The minimum Gasteiger partial charge on any atom is -0.256 e. The number of aromatic nitrogens is 1. The third-order valence-corrected chi connectivity index (χ3v) is 3.79. The van der Waals surface area contributed by atoms with Gasteiger partial charge >= 0.3 is 0 Å². The molecule has 0 spiro atoms. The number of hydrogen-bond donors (Lipinski definition) is 0. The highest BCUT2D eigenvalue weighted by Crippen LogP contribution is 2.21. The van der Waals surface area contributed by atoms with Gasteiger partial charge in [0.2, 0.25) is 8.27 Å². The summed E-state index contributed by atoms with van der Waals surface area (Å²) in [7, 11) is -3.31. The molecule has 0 N–H and O–H groups in total. The van der Waals surface area contributed by atoms with Crippen molar-refractivity contribution < 1.29 is 8.42 Å². The fraction of sp³-hybridized carbons (Fsp3) is 0. The number of pyridine rings is 1. The normalized spacial score (nSPS) is 11.8. The Hall–Kier alpha value is -0.940. The second-order valence-electron chi connectivity index (χ2n) is 2.80. The van der Waals surface area contributed by atoms with Gasteiger partial charge in [-0.15, -0.1) is 0 Å². The largest absolute Gasteiger partial charge is 0.256 e. The summed E-state index contributed by atoms with van der Waals surface area (Å²) in [5.41, 5.74) is 0.785. The highest BCUT2D eigenvalue weighted by molar-refractivity contribution is 9.47. The lowest BCUT2D eigenvalue weighted by atomic mass is 10.2. The van der Waals surface area contributed by atoms with Crippen molar-refractivity contribution in [3.05, 3.63) is 36.5 Å². The Kier molecular flexibility index (Phi) is 2.28. The zero-order valence-electron chi connectivity index (χ0n) is 7.01. The zero-order valence-corrected chi connectivity index (χ0v) is 9.42. The lowest BCUT2D eigenvalue weighted by Crippen LogP contribution is -1.89. The van der Waals surface area contributed by atoms with Crippen LogP contribution in [0.1, 0.15) is 0 Å². The van der Waals surface area contributed by atoms with Gasteiger partial charge in [0.15, 0.2) is 0 Å². The Bertz CT molecular complexity index is 580. The molecule has 2 rings (SSSR count). The molecule has 5 heteroatoms. The number of fused-ring (bicyclic) bond motifs is 1. The topological polar surface area (TPSA) is 47.0 Å². The van der Waals surface area contributed by atoms with E-state index in [0.717, 1.165) is 10.9 Å². The van der Waals surface area contributed by atoms with Gasteiger partial charge in [0.25, 0.3) is 0 Å². The third kappa shape index (κ3) is 1.78. The van der Waals surface area contributed by atoms with Gasteiger partial charge in [0, 0.05) is 11.6 Å². The summed E-state index contributed by atoms with van der Waals surface area (Å²) in [5, 5.41) is 0.813. The van der Waals surface area contributed by atoms with E-state index in [1.807, 2.05) is 6.07 Å². The van der Waals surface area contributed by atoms with Crippen LogP contribution in [-0.4, -0.2) is 13.4 Å². The highest BCUT2D eigenvalue weighted by Gasteiger charge is 2.09. The van der Waals surface area contributed by atoms with Crippen molar-refractivity contribution in [1.29, 1.82) is 0 Å². The summed E-state index contributed by atoms with van der Waals surface area (Å²) in [5.74, 6) is 0. The molecule has 1 heterocycles. The van der Waals surface area contributed by atoms with Gasteiger partial charge in [-0.3, -0.25) is 4.98 Å².